The standard InChI is InChI=1S/C62H46N2/c1-61(2)55-33-19-20-34-58(55)64(60-50-30-16-15-23-44(50)35-38-51(60)43-21-7-3-8-22-43)59-40-37-49(42-57(59)61)63(47-28-13-6-14-29-47)48-36-39-53-52-31-17-18-32-54(52)62(56(53)41-48,45-24-9-4-10-25-45)46-26-11-5-12-27-46/h3-42H,1-2H3. The number of nitrogens with zero attached hydrogens (tertiary/aromatic N) is 2. The van der Waals surface area contributed by atoms with E-state index in [0.717, 1.165) is 17.1 Å². The van der Waals surface area contributed by atoms with Crippen LogP contribution in [0.1, 0.15) is 47.2 Å². The molecule has 0 fully saturated rings. The largest absolute Gasteiger partial charge is 0.310 e. The number of hydrogen-bond acceptors (Lipinski definition) is 2. The molecular formula is C62H46N2. The Morgan fingerprint density at radius 3 is 1.59 bits per heavy atom. The lowest BCUT2D eigenvalue weighted by Crippen LogP contribution is -2.31. The molecule has 1 aliphatic heterocycles. The summed E-state index contributed by atoms with van der Waals surface area (Å²) >= 11 is 0. The minimum atomic E-state index is -0.510. The number of para-hydroxylation sites is 2. The second-order valence-electron chi connectivity index (χ2n) is 17.7. The van der Waals surface area contributed by atoms with Crippen LogP contribution in [0.4, 0.5) is 34.1 Å². The van der Waals surface area contributed by atoms with Crippen LogP contribution in [0.25, 0.3) is 33.0 Å². The Kier molecular flexibility index (Phi) is 8.77. The van der Waals surface area contributed by atoms with Crippen molar-refractivity contribution >= 4 is 44.9 Å². The first-order valence-corrected chi connectivity index (χ1v) is 22.4. The van der Waals surface area contributed by atoms with E-state index in [1.54, 1.807) is 0 Å². The van der Waals surface area contributed by atoms with Gasteiger partial charge in [0.2, 0.25) is 0 Å². The van der Waals surface area contributed by atoms with Gasteiger partial charge in [-0.05, 0) is 104 Å². The molecule has 12 rings (SSSR count). The van der Waals surface area contributed by atoms with Crippen LogP contribution in [0.5, 0.6) is 0 Å². The van der Waals surface area contributed by atoms with Crippen molar-refractivity contribution in [2.75, 3.05) is 9.80 Å². The van der Waals surface area contributed by atoms with E-state index < -0.39 is 5.41 Å². The van der Waals surface area contributed by atoms with Gasteiger partial charge < -0.3 is 9.80 Å². The Bertz CT molecular complexity index is 3320. The molecule has 0 spiro atoms. The van der Waals surface area contributed by atoms with Gasteiger partial charge in [-0.25, -0.2) is 0 Å². The quantitative estimate of drug-likeness (QED) is 0.158. The maximum Gasteiger partial charge on any atom is 0.0714 e. The highest BCUT2D eigenvalue weighted by Gasteiger charge is 2.46. The summed E-state index contributed by atoms with van der Waals surface area (Å²) in [6, 6.07) is 89.6. The highest BCUT2D eigenvalue weighted by Crippen LogP contribution is 2.59. The molecule has 10 aromatic rings. The molecule has 0 atom stereocenters. The molecule has 64 heavy (non-hydrogen) atoms. The van der Waals surface area contributed by atoms with E-state index in [4.69, 9.17) is 0 Å². The van der Waals surface area contributed by atoms with Crippen LogP contribution < -0.4 is 9.80 Å². The lowest BCUT2D eigenvalue weighted by atomic mass is 9.67. The van der Waals surface area contributed by atoms with Crippen molar-refractivity contribution in [1.82, 2.24) is 0 Å². The monoisotopic (exact) mass is 818 g/mol. The molecule has 0 saturated heterocycles. The first-order valence-electron chi connectivity index (χ1n) is 22.4. The maximum atomic E-state index is 2.54. The average Bonchev–Trinajstić information content (AvgIpc) is 3.66. The van der Waals surface area contributed by atoms with E-state index in [9.17, 15) is 0 Å². The van der Waals surface area contributed by atoms with Crippen molar-refractivity contribution in [2.24, 2.45) is 0 Å². The molecule has 2 aliphatic rings. The van der Waals surface area contributed by atoms with Gasteiger partial charge in [0.1, 0.15) is 0 Å². The van der Waals surface area contributed by atoms with Gasteiger partial charge in [-0.1, -0.05) is 208 Å². The fourth-order valence-corrected chi connectivity index (χ4v) is 11.0. The van der Waals surface area contributed by atoms with Gasteiger partial charge >= 0.3 is 0 Å². The molecule has 0 unspecified atom stereocenters. The minimum Gasteiger partial charge on any atom is -0.310 e. The molecule has 2 nitrogen and oxygen atoms in total. The molecule has 0 saturated carbocycles. The van der Waals surface area contributed by atoms with Gasteiger partial charge in [0, 0.05) is 33.4 Å². The second kappa shape index (κ2) is 14.9. The lowest BCUT2D eigenvalue weighted by Gasteiger charge is -2.43. The topological polar surface area (TPSA) is 6.48 Å². The molecule has 2 heteroatoms. The molecule has 0 radical (unpaired) electrons. The van der Waals surface area contributed by atoms with Crippen molar-refractivity contribution < 1.29 is 0 Å². The molecule has 1 heterocycles. The van der Waals surface area contributed by atoms with Gasteiger partial charge in [0.15, 0.2) is 0 Å². The summed E-state index contributed by atoms with van der Waals surface area (Å²) in [5, 5.41) is 2.44. The van der Waals surface area contributed by atoms with Crippen LogP contribution in [-0.4, -0.2) is 0 Å². The van der Waals surface area contributed by atoms with Gasteiger partial charge in [0.05, 0.1) is 22.5 Å². The van der Waals surface area contributed by atoms with Crippen molar-refractivity contribution in [1.29, 1.82) is 0 Å². The van der Waals surface area contributed by atoms with Crippen molar-refractivity contribution in [2.45, 2.75) is 24.7 Å². The van der Waals surface area contributed by atoms with Crippen molar-refractivity contribution in [3.8, 4) is 22.3 Å². The minimum absolute atomic E-state index is 0.312. The molecule has 304 valence electrons. The Labute approximate surface area is 376 Å². The predicted octanol–water partition coefficient (Wildman–Crippen LogP) is 16.4. The first kappa shape index (κ1) is 37.8. The summed E-state index contributed by atoms with van der Waals surface area (Å²) in [5.74, 6) is 0. The van der Waals surface area contributed by atoms with E-state index in [0.29, 0.717) is 0 Å². The van der Waals surface area contributed by atoms with Crippen LogP contribution in [-0.2, 0) is 10.8 Å². The normalized spacial score (nSPS) is 14.0. The Morgan fingerprint density at radius 1 is 0.359 bits per heavy atom. The van der Waals surface area contributed by atoms with Crippen LogP contribution in [0, 0.1) is 0 Å². The molecule has 1 aliphatic carbocycles. The van der Waals surface area contributed by atoms with Crippen LogP contribution in [0.2, 0.25) is 0 Å². The number of hydrogen-bond donors (Lipinski definition) is 0. The van der Waals surface area contributed by atoms with Gasteiger partial charge in [-0.15, -0.1) is 0 Å². The fourth-order valence-electron chi connectivity index (χ4n) is 11.0. The lowest BCUT2D eigenvalue weighted by molar-refractivity contribution is 0.632. The van der Waals surface area contributed by atoms with E-state index in [-0.39, 0.29) is 5.41 Å². The molecule has 0 bridgehead atoms. The zero-order chi connectivity index (χ0) is 42.8. The second-order valence-corrected chi connectivity index (χ2v) is 17.7. The highest BCUT2D eigenvalue weighted by atomic mass is 15.2. The highest BCUT2D eigenvalue weighted by molar-refractivity contribution is 6.07. The average molecular weight is 819 g/mol. The van der Waals surface area contributed by atoms with Gasteiger partial charge in [0.25, 0.3) is 0 Å². The van der Waals surface area contributed by atoms with E-state index in [1.807, 2.05) is 0 Å². The SMILES string of the molecule is CC1(C)c2ccccc2N(c2c(-c3ccccc3)ccc3ccccc23)c2ccc(N(c3ccccc3)c3ccc4c(c3)C(c3ccccc3)(c3ccccc3)c3ccccc3-4)cc21. The van der Waals surface area contributed by atoms with Crippen LogP contribution >= 0.6 is 0 Å². The fraction of sp³-hybridized carbons (Fsp3) is 0.0645. The number of benzene rings is 10. The summed E-state index contributed by atoms with van der Waals surface area (Å²) in [5.41, 5.74) is 18.7. The molecule has 0 amide bonds. The number of rotatable bonds is 7. The van der Waals surface area contributed by atoms with Crippen LogP contribution in [0.3, 0.4) is 0 Å². The number of anilines is 6. The van der Waals surface area contributed by atoms with E-state index in [2.05, 4.69) is 266 Å². The Balaban J connectivity index is 1.10. The third-order valence-corrected chi connectivity index (χ3v) is 13.9. The van der Waals surface area contributed by atoms with E-state index >= 15 is 0 Å². The van der Waals surface area contributed by atoms with E-state index in [1.165, 1.54) is 83.5 Å². The molecule has 0 aromatic heterocycles. The zero-order valence-electron chi connectivity index (χ0n) is 36.0. The third kappa shape index (κ3) is 5.65. The molecule has 0 N–H and O–H groups in total. The Hall–Kier alpha value is -7.94. The van der Waals surface area contributed by atoms with Gasteiger partial charge in [-0.3, -0.25) is 0 Å². The maximum absolute atomic E-state index is 2.54. The van der Waals surface area contributed by atoms with Crippen LogP contribution in [0.15, 0.2) is 243 Å². The Morgan fingerprint density at radius 2 is 0.875 bits per heavy atom. The number of fused-ring (bicyclic) bond motifs is 6. The summed E-state index contributed by atoms with van der Waals surface area (Å²) < 4.78 is 0. The summed E-state index contributed by atoms with van der Waals surface area (Å²) in [6.45, 7) is 4.78. The predicted molar refractivity (Wildman–Crippen MR) is 268 cm³/mol. The smallest absolute Gasteiger partial charge is 0.0714 e. The first-order chi connectivity index (χ1) is 31.5. The summed E-state index contributed by atoms with van der Waals surface area (Å²) in [6.07, 6.45) is 0. The molecular weight excluding hydrogens is 773 g/mol. The summed E-state index contributed by atoms with van der Waals surface area (Å²) in [4.78, 5) is 5.00. The third-order valence-electron chi connectivity index (χ3n) is 13.9. The van der Waals surface area contributed by atoms with Gasteiger partial charge in [-0.2, -0.15) is 0 Å². The van der Waals surface area contributed by atoms with Crippen molar-refractivity contribution in [3.63, 3.8) is 0 Å². The molecule has 10 aromatic carbocycles. The summed E-state index contributed by atoms with van der Waals surface area (Å²) in [7, 11) is 0. The van der Waals surface area contributed by atoms with Crippen molar-refractivity contribution in [3.05, 3.63) is 276 Å². The zero-order valence-corrected chi connectivity index (χ0v) is 36.0.